The number of rotatable bonds is 4. The molecule has 3 heteroatoms. The van der Waals surface area contributed by atoms with E-state index in [1.54, 1.807) is 0 Å². The van der Waals surface area contributed by atoms with E-state index in [9.17, 15) is 9.59 Å². The quantitative estimate of drug-likeness (QED) is 0.820. The van der Waals surface area contributed by atoms with Crippen molar-refractivity contribution in [3.63, 3.8) is 0 Å². The first-order valence-corrected chi connectivity index (χ1v) is 6.94. The van der Waals surface area contributed by atoms with E-state index in [0.717, 1.165) is 12.2 Å². The Morgan fingerprint density at radius 2 is 2.06 bits per heavy atom. The highest BCUT2D eigenvalue weighted by Gasteiger charge is 2.24. The molecule has 0 saturated heterocycles. The second kappa shape index (κ2) is 6.01. The van der Waals surface area contributed by atoms with Crippen LogP contribution in [-0.4, -0.2) is 10.9 Å². The number of thioether (sulfide) groups is 1. The molecule has 0 amide bonds. The van der Waals surface area contributed by atoms with Crippen LogP contribution in [0.1, 0.15) is 31.2 Å². The molecule has 0 heterocycles. The summed E-state index contributed by atoms with van der Waals surface area (Å²) in [4.78, 5) is 22.8. The largest absolute Gasteiger partial charge is 0.300 e. The molecule has 1 aliphatic rings. The van der Waals surface area contributed by atoms with Gasteiger partial charge in [-0.3, -0.25) is 9.59 Å². The number of ketones is 1. The second-order valence-corrected chi connectivity index (χ2v) is 5.53. The summed E-state index contributed by atoms with van der Waals surface area (Å²) in [5.41, 5.74) is 1.17. The topological polar surface area (TPSA) is 34.1 Å². The zero-order valence-corrected chi connectivity index (χ0v) is 10.5. The summed E-state index contributed by atoms with van der Waals surface area (Å²) >= 11 is 1.37. The van der Waals surface area contributed by atoms with Crippen molar-refractivity contribution >= 4 is 22.7 Å². The van der Waals surface area contributed by atoms with Crippen LogP contribution in [0.4, 0.5) is 0 Å². The number of hydrogen-bond donors (Lipinski definition) is 0. The summed E-state index contributed by atoms with van der Waals surface area (Å²) in [5, 5.41) is 0.216. The molecule has 0 radical (unpaired) electrons. The number of benzene rings is 1. The molecule has 0 aromatic heterocycles. The lowest BCUT2D eigenvalue weighted by Crippen LogP contribution is -2.02. The van der Waals surface area contributed by atoms with E-state index in [1.165, 1.54) is 17.3 Å². The Kier molecular flexibility index (Phi) is 4.37. The Labute approximate surface area is 106 Å². The first-order valence-electron chi connectivity index (χ1n) is 5.95. The van der Waals surface area contributed by atoms with Gasteiger partial charge in [0.1, 0.15) is 5.78 Å². The van der Waals surface area contributed by atoms with Gasteiger partial charge in [-0.2, -0.15) is 0 Å². The number of carbonyl (C=O) groups is 2. The predicted octanol–water partition coefficient (Wildman–Crippen LogP) is 3.21. The van der Waals surface area contributed by atoms with E-state index < -0.39 is 0 Å². The predicted molar refractivity (Wildman–Crippen MR) is 69.7 cm³/mol. The maximum atomic E-state index is 11.7. The first-order chi connectivity index (χ1) is 8.24. The van der Waals surface area contributed by atoms with Crippen molar-refractivity contribution in [3.8, 4) is 0 Å². The molecule has 0 aliphatic heterocycles. The maximum absolute atomic E-state index is 11.7. The fourth-order valence-corrected chi connectivity index (χ4v) is 2.97. The average Bonchev–Trinajstić information content (AvgIpc) is 2.73. The fourth-order valence-electron chi connectivity index (χ4n) is 2.10. The Balaban J connectivity index is 1.73. The van der Waals surface area contributed by atoms with Gasteiger partial charge in [0.15, 0.2) is 5.12 Å². The molecule has 1 aromatic carbocycles. The minimum absolute atomic E-state index is 0.216. The van der Waals surface area contributed by atoms with Crippen LogP contribution in [0.3, 0.4) is 0 Å². The Morgan fingerprint density at radius 1 is 1.29 bits per heavy atom. The van der Waals surface area contributed by atoms with Crippen LogP contribution in [0.25, 0.3) is 0 Å². The zero-order valence-electron chi connectivity index (χ0n) is 9.72. The van der Waals surface area contributed by atoms with Gasteiger partial charge in [0.25, 0.3) is 0 Å². The minimum atomic E-state index is 0.216. The third kappa shape index (κ3) is 4.00. The van der Waals surface area contributed by atoms with Crippen molar-refractivity contribution in [3.05, 3.63) is 35.9 Å². The third-order valence-corrected chi connectivity index (χ3v) is 4.01. The van der Waals surface area contributed by atoms with Gasteiger partial charge in [-0.1, -0.05) is 42.1 Å². The molecular weight excluding hydrogens is 232 g/mol. The van der Waals surface area contributed by atoms with Gasteiger partial charge in [0, 0.05) is 25.0 Å². The minimum Gasteiger partial charge on any atom is -0.300 e. The van der Waals surface area contributed by atoms with E-state index in [4.69, 9.17) is 0 Å². The molecule has 90 valence electrons. The Morgan fingerprint density at radius 3 is 2.71 bits per heavy atom. The molecule has 1 unspecified atom stereocenters. The molecule has 17 heavy (non-hydrogen) atoms. The van der Waals surface area contributed by atoms with E-state index in [2.05, 4.69) is 0 Å². The van der Waals surface area contributed by atoms with Crippen LogP contribution in [-0.2, 0) is 15.3 Å². The van der Waals surface area contributed by atoms with Crippen molar-refractivity contribution in [1.29, 1.82) is 0 Å². The van der Waals surface area contributed by atoms with Gasteiger partial charge in [-0.25, -0.2) is 0 Å². The van der Waals surface area contributed by atoms with Crippen molar-refractivity contribution in [1.82, 2.24) is 0 Å². The van der Waals surface area contributed by atoms with Crippen molar-refractivity contribution in [2.75, 3.05) is 0 Å². The molecule has 2 nitrogen and oxygen atoms in total. The molecule has 1 saturated carbocycles. The Hall–Kier alpha value is -1.09. The smallest absolute Gasteiger partial charge is 0.189 e. The molecular formula is C14H16O2S. The summed E-state index contributed by atoms with van der Waals surface area (Å²) in [5.74, 6) is 1.36. The lowest BCUT2D eigenvalue weighted by atomic mass is 10.1. The van der Waals surface area contributed by atoms with E-state index in [1.807, 2.05) is 30.3 Å². The maximum Gasteiger partial charge on any atom is 0.189 e. The van der Waals surface area contributed by atoms with Crippen LogP contribution in [0.2, 0.25) is 0 Å². The summed E-state index contributed by atoms with van der Waals surface area (Å²) in [6.45, 7) is 0. The molecule has 1 aliphatic carbocycles. The molecule has 0 spiro atoms. The summed E-state index contributed by atoms with van der Waals surface area (Å²) in [7, 11) is 0. The number of Topliss-reactive ketones (excluding diaryl/α,β-unsaturated/α-hetero) is 1. The first kappa shape index (κ1) is 12.4. The van der Waals surface area contributed by atoms with Crippen molar-refractivity contribution in [2.24, 2.45) is 5.92 Å². The van der Waals surface area contributed by atoms with Gasteiger partial charge in [0.2, 0.25) is 0 Å². The molecule has 1 fully saturated rings. The highest BCUT2D eigenvalue weighted by Crippen LogP contribution is 2.27. The van der Waals surface area contributed by atoms with E-state index >= 15 is 0 Å². The van der Waals surface area contributed by atoms with Crippen LogP contribution < -0.4 is 0 Å². The lowest BCUT2D eigenvalue weighted by Gasteiger charge is -2.06. The van der Waals surface area contributed by atoms with Crippen molar-refractivity contribution < 1.29 is 9.59 Å². The molecule has 2 rings (SSSR count). The van der Waals surface area contributed by atoms with Gasteiger partial charge in [0.05, 0.1) is 0 Å². The highest BCUT2D eigenvalue weighted by atomic mass is 32.2. The normalized spacial score (nSPS) is 19.5. The Bertz CT molecular complexity index is 400. The summed E-state index contributed by atoms with van der Waals surface area (Å²) < 4.78 is 0. The number of carbonyl (C=O) groups excluding carboxylic acids is 2. The van der Waals surface area contributed by atoms with Gasteiger partial charge in [-0.15, -0.1) is 0 Å². The monoisotopic (exact) mass is 248 g/mol. The van der Waals surface area contributed by atoms with Gasteiger partial charge < -0.3 is 0 Å². The standard InChI is InChI=1S/C14H16O2S/c15-13-7-6-12(8-13)9-14(16)17-10-11-4-2-1-3-5-11/h1-5,12H,6-10H2. The zero-order chi connectivity index (χ0) is 12.1. The van der Waals surface area contributed by atoms with Gasteiger partial charge in [-0.05, 0) is 17.9 Å². The third-order valence-electron chi connectivity index (χ3n) is 3.05. The van der Waals surface area contributed by atoms with Crippen LogP contribution in [0.5, 0.6) is 0 Å². The van der Waals surface area contributed by atoms with E-state index in [0.29, 0.717) is 31.0 Å². The average molecular weight is 248 g/mol. The van der Waals surface area contributed by atoms with Crippen LogP contribution >= 0.6 is 11.8 Å². The fraction of sp³-hybridized carbons (Fsp3) is 0.429. The summed E-state index contributed by atoms with van der Waals surface area (Å²) in [6.07, 6.45) is 2.73. The van der Waals surface area contributed by atoms with Crippen molar-refractivity contribution in [2.45, 2.75) is 31.4 Å². The molecule has 0 N–H and O–H groups in total. The SMILES string of the molecule is O=C1CCC(CC(=O)SCc2ccccc2)C1. The second-order valence-electron chi connectivity index (χ2n) is 4.50. The molecule has 1 atom stereocenters. The molecule has 1 aromatic rings. The highest BCUT2D eigenvalue weighted by molar-refractivity contribution is 8.12. The van der Waals surface area contributed by atoms with Crippen LogP contribution in [0.15, 0.2) is 30.3 Å². The summed E-state index contributed by atoms with van der Waals surface area (Å²) in [6, 6.07) is 9.99. The molecule has 0 bridgehead atoms. The van der Waals surface area contributed by atoms with E-state index in [-0.39, 0.29) is 5.12 Å². The number of hydrogen-bond acceptors (Lipinski definition) is 3. The van der Waals surface area contributed by atoms with Gasteiger partial charge >= 0.3 is 0 Å². The lowest BCUT2D eigenvalue weighted by molar-refractivity contribution is -0.117. The van der Waals surface area contributed by atoms with Crippen LogP contribution in [0, 0.1) is 5.92 Å².